The highest BCUT2D eigenvalue weighted by Crippen LogP contribution is 2.77. The molecule has 2 N–H and O–H groups in total. The zero-order chi connectivity index (χ0) is 40.4. The van der Waals surface area contributed by atoms with E-state index in [1.807, 2.05) is 19.9 Å². The lowest BCUT2D eigenvalue weighted by atomic mass is 9.59. The fraction of sp³-hybridized carbons (Fsp3) is 0.826. The van der Waals surface area contributed by atoms with Gasteiger partial charge in [0.25, 0.3) is 0 Å². The predicted octanol–water partition coefficient (Wildman–Crippen LogP) is 9.44. The third-order valence-corrected chi connectivity index (χ3v) is 13.7. The topological polar surface area (TPSA) is 136 Å². The lowest BCUT2D eigenvalue weighted by molar-refractivity contribution is -0.228. The van der Waals surface area contributed by atoms with Gasteiger partial charge in [-0.2, -0.15) is 0 Å². The number of unbranched alkanes of at least 4 members (excludes halogenated alkanes) is 16. The van der Waals surface area contributed by atoms with Crippen LogP contribution in [0, 0.1) is 29.1 Å². The van der Waals surface area contributed by atoms with E-state index < -0.39 is 63.7 Å². The molecule has 0 bridgehead atoms. The molecule has 55 heavy (non-hydrogen) atoms. The number of hydrogen-bond acceptors (Lipinski definition) is 9. The first-order valence-electron chi connectivity index (χ1n) is 22.0. The standard InChI is InChI=1S/C46H74O9/c1-8-10-12-14-16-18-20-22-24-26-38(48)53-31-35-29-36-40-43(6,7)46(40,55-39(49)27-25-23-21-19-17-15-13-11-9-2)42(54-34(5)47)33(4)45(36,52)37-28-32(3)41(50)44(37,51)30-35/h28-29,33,36-37,40,42,51-52H,8-27,30-31H2,1-7H3/t33-,36+,37-,40-,42-,44-,45-,46-/m1/s1. The zero-order valence-electron chi connectivity index (χ0n) is 35.3. The van der Waals surface area contributed by atoms with Crippen molar-refractivity contribution < 1.29 is 43.6 Å². The SMILES string of the molecule is CCCCCCCCCCCC(=O)OCC1=C[C@H]2[C@@H]3C(C)(C)[C@]3(OC(=O)CCCCCCCCCCC)[C@H](OC(C)=O)[C@@H](C)[C@]2(O)[C@@H]2C=C(C)C(=O)[C@@]2(O)C1. The van der Waals surface area contributed by atoms with Crippen molar-refractivity contribution >= 4 is 23.7 Å². The number of ether oxygens (including phenoxy) is 3. The van der Waals surface area contributed by atoms with Crippen LogP contribution in [0.25, 0.3) is 0 Å². The van der Waals surface area contributed by atoms with E-state index in [9.17, 15) is 29.4 Å². The van der Waals surface area contributed by atoms with Gasteiger partial charge in [-0.05, 0) is 30.9 Å². The maximum Gasteiger partial charge on any atom is 0.306 e. The summed E-state index contributed by atoms with van der Waals surface area (Å²) in [4.78, 5) is 53.0. The summed E-state index contributed by atoms with van der Waals surface area (Å²) in [6.45, 7) is 12.9. The van der Waals surface area contributed by atoms with E-state index in [1.54, 1.807) is 19.9 Å². The van der Waals surface area contributed by atoms with Crippen LogP contribution in [0.2, 0.25) is 0 Å². The highest BCUT2D eigenvalue weighted by atomic mass is 16.6. The summed E-state index contributed by atoms with van der Waals surface area (Å²) in [7, 11) is 0. The normalized spacial score (nSPS) is 31.7. The molecule has 0 aromatic heterocycles. The number of carbonyl (C=O) groups is 4. The van der Waals surface area contributed by atoms with Crippen molar-refractivity contribution in [2.24, 2.45) is 29.1 Å². The van der Waals surface area contributed by atoms with E-state index in [-0.39, 0.29) is 37.8 Å². The highest BCUT2D eigenvalue weighted by Gasteiger charge is 2.87. The van der Waals surface area contributed by atoms with Crippen LogP contribution in [0.5, 0.6) is 0 Å². The monoisotopic (exact) mass is 771 g/mol. The minimum Gasteiger partial charge on any atom is -0.461 e. The number of aliphatic hydroxyl groups is 2. The molecule has 0 amide bonds. The molecule has 9 heteroatoms. The Labute approximate surface area is 331 Å². The van der Waals surface area contributed by atoms with Gasteiger partial charge in [-0.3, -0.25) is 19.2 Å². The summed E-state index contributed by atoms with van der Waals surface area (Å²) >= 11 is 0. The minimum atomic E-state index is -1.98. The second-order valence-corrected chi connectivity index (χ2v) is 18.1. The smallest absolute Gasteiger partial charge is 0.306 e. The van der Waals surface area contributed by atoms with Crippen molar-refractivity contribution in [3.63, 3.8) is 0 Å². The van der Waals surface area contributed by atoms with E-state index in [0.717, 1.165) is 38.5 Å². The molecule has 0 saturated heterocycles. The van der Waals surface area contributed by atoms with Gasteiger partial charge in [0.1, 0.15) is 18.3 Å². The van der Waals surface area contributed by atoms with E-state index >= 15 is 0 Å². The Hall–Kier alpha value is -2.52. The Balaban J connectivity index is 1.51. The molecule has 0 heterocycles. The molecule has 0 aromatic carbocycles. The Morgan fingerprint density at radius 2 is 1.25 bits per heavy atom. The van der Waals surface area contributed by atoms with Crippen LogP contribution in [0.1, 0.15) is 183 Å². The number of hydrogen-bond donors (Lipinski definition) is 2. The number of fused-ring (bicyclic) bond motifs is 5. The van der Waals surface area contributed by atoms with Gasteiger partial charge >= 0.3 is 17.9 Å². The Morgan fingerprint density at radius 1 is 0.764 bits per heavy atom. The summed E-state index contributed by atoms with van der Waals surface area (Å²) in [5.74, 6) is -4.81. The maximum absolute atomic E-state index is 13.7. The number of Topliss-reactive ketones (excluding diaryl/α,β-unsaturated/α-hetero) is 1. The molecule has 2 saturated carbocycles. The lowest BCUT2D eigenvalue weighted by Crippen LogP contribution is -2.66. The van der Waals surface area contributed by atoms with Crippen molar-refractivity contribution in [2.75, 3.05) is 6.61 Å². The summed E-state index contributed by atoms with van der Waals surface area (Å²) in [6, 6.07) is 0. The predicted molar refractivity (Wildman–Crippen MR) is 214 cm³/mol. The molecular formula is C46H74O9. The van der Waals surface area contributed by atoms with Gasteiger partial charge in [-0.25, -0.2) is 0 Å². The molecule has 0 spiro atoms. The first-order chi connectivity index (χ1) is 26.1. The average Bonchev–Trinajstić information content (AvgIpc) is 3.56. The van der Waals surface area contributed by atoms with Gasteiger partial charge in [0.05, 0.1) is 5.60 Å². The number of rotatable bonds is 24. The lowest BCUT2D eigenvalue weighted by Gasteiger charge is -2.53. The minimum absolute atomic E-state index is 0.113. The molecule has 4 aliphatic rings. The van der Waals surface area contributed by atoms with Crippen LogP contribution in [0.4, 0.5) is 0 Å². The third kappa shape index (κ3) is 9.79. The van der Waals surface area contributed by atoms with Gasteiger partial charge in [0.2, 0.25) is 0 Å². The molecule has 9 nitrogen and oxygen atoms in total. The van der Waals surface area contributed by atoms with Crippen LogP contribution in [0.15, 0.2) is 23.3 Å². The summed E-state index contributed by atoms with van der Waals surface area (Å²) in [5.41, 5.74) is -4.81. The highest BCUT2D eigenvalue weighted by molar-refractivity contribution is 6.04. The van der Waals surface area contributed by atoms with Crippen molar-refractivity contribution in [3.05, 3.63) is 23.3 Å². The van der Waals surface area contributed by atoms with Gasteiger partial charge in [-0.1, -0.05) is 150 Å². The summed E-state index contributed by atoms with van der Waals surface area (Å²) in [5, 5.41) is 25.3. The van der Waals surface area contributed by atoms with E-state index in [2.05, 4.69) is 13.8 Å². The quantitative estimate of drug-likeness (QED) is 0.0426. The summed E-state index contributed by atoms with van der Waals surface area (Å²) in [6.07, 6.45) is 23.2. The average molecular weight is 771 g/mol. The van der Waals surface area contributed by atoms with Gasteiger partial charge in [0, 0.05) is 55.3 Å². The van der Waals surface area contributed by atoms with E-state index in [0.29, 0.717) is 17.6 Å². The van der Waals surface area contributed by atoms with E-state index in [1.165, 1.54) is 77.6 Å². The molecule has 4 rings (SSSR count). The Kier molecular flexibility index (Phi) is 16.2. The molecule has 0 aliphatic heterocycles. The molecular weight excluding hydrogens is 696 g/mol. The van der Waals surface area contributed by atoms with Crippen LogP contribution in [0.3, 0.4) is 0 Å². The Bertz CT molecular complexity index is 1400. The van der Waals surface area contributed by atoms with Crippen molar-refractivity contribution in [1.29, 1.82) is 0 Å². The molecule has 312 valence electrons. The number of carbonyl (C=O) groups excluding carboxylic acids is 4. The van der Waals surface area contributed by atoms with Crippen LogP contribution in [-0.2, 0) is 33.4 Å². The fourth-order valence-electron chi connectivity index (χ4n) is 10.6. The first kappa shape index (κ1) is 45.2. The molecule has 0 radical (unpaired) electrons. The second-order valence-electron chi connectivity index (χ2n) is 18.1. The molecule has 8 atom stereocenters. The van der Waals surface area contributed by atoms with Crippen molar-refractivity contribution in [1.82, 2.24) is 0 Å². The number of esters is 3. The molecule has 4 aliphatic carbocycles. The second kappa shape index (κ2) is 19.8. The van der Waals surface area contributed by atoms with Crippen LogP contribution in [-0.4, -0.2) is 63.4 Å². The van der Waals surface area contributed by atoms with Gasteiger partial charge < -0.3 is 24.4 Å². The third-order valence-electron chi connectivity index (χ3n) is 13.7. The van der Waals surface area contributed by atoms with E-state index in [4.69, 9.17) is 14.2 Å². The number of ketones is 1. The summed E-state index contributed by atoms with van der Waals surface area (Å²) < 4.78 is 18.3. The Morgan fingerprint density at radius 3 is 1.76 bits per heavy atom. The van der Waals surface area contributed by atoms with Crippen molar-refractivity contribution in [3.8, 4) is 0 Å². The first-order valence-corrected chi connectivity index (χ1v) is 22.0. The molecule has 0 aromatic rings. The van der Waals surface area contributed by atoms with Gasteiger partial charge in [0.15, 0.2) is 11.4 Å². The molecule has 0 unspecified atom stereocenters. The largest absolute Gasteiger partial charge is 0.461 e. The fourth-order valence-corrected chi connectivity index (χ4v) is 10.6. The molecule has 2 fully saturated rings. The van der Waals surface area contributed by atoms with Crippen LogP contribution >= 0.6 is 0 Å². The van der Waals surface area contributed by atoms with Crippen LogP contribution < -0.4 is 0 Å². The van der Waals surface area contributed by atoms with Crippen molar-refractivity contribution in [2.45, 2.75) is 206 Å². The maximum atomic E-state index is 13.7. The van der Waals surface area contributed by atoms with Gasteiger partial charge in [-0.15, -0.1) is 0 Å². The zero-order valence-corrected chi connectivity index (χ0v) is 35.3.